The molecule has 2 atom stereocenters. The van der Waals surface area contributed by atoms with Crippen molar-refractivity contribution in [1.29, 1.82) is 0 Å². The molecule has 90 valence electrons. The third kappa shape index (κ3) is 2.28. The molecule has 3 rings (SSSR count). The average molecular weight is 237 g/mol. The van der Waals surface area contributed by atoms with Crippen LogP contribution in [-0.4, -0.2) is 5.91 Å². The van der Waals surface area contributed by atoms with Crippen molar-refractivity contribution in [1.82, 2.24) is 0 Å². The summed E-state index contributed by atoms with van der Waals surface area (Å²) in [5, 5.41) is 2.96. The molecule has 0 spiro atoms. The van der Waals surface area contributed by atoms with Crippen molar-refractivity contribution in [2.75, 3.05) is 5.32 Å². The van der Waals surface area contributed by atoms with Crippen LogP contribution in [0.15, 0.2) is 60.7 Å². The van der Waals surface area contributed by atoms with E-state index in [1.807, 2.05) is 48.5 Å². The van der Waals surface area contributed by atoms with Crippen molar-refractivity contribution >= 4 is 11.6 Å². The first-order valence-corrected chi connectivity index (χ1v) is 6.25. The molecule has 1 amide bonds. The van der Waals surface area contributed by atoms with Gasteiger partial charge in [-0.1, -0.05) is 48.5 Å². The van der Waals surface area contributed by atoms with Crippen molar-refractivity contribution in [3.63, 3.8) is 0 Å². The quantitative estimate of drug-likeness (QED) is 0.870. The molecule has 2 aromatic carbocycles. The third-order valence-corrected chi connectivity index (χ3v) is 3.40. The van der Waals surface area contributed by atoms with E-state index in [1.54, 1.807) is 0 Å². The molecule has 1 aliphatic carbocycles. The van der Waals surface area contributed by atoms with Gasteiger partial charge in [0.05, 0.1) is 0 Å². The number of rotatable bonds is 3. The van der Waals surface area contributed by atoms with Gasteiger partial charge in [0.2, 0.25) is 5.91 Å². The number of hydrogen-bond acceptors (Lipinski definition) is 1. The molecule has 0 radical (unpaired) electrons. The first-order valence-electron chi connectivity index (χ1n) is 6.25. The smallest absolute Gasteiger partial charge is 0.228 e. The number of amides is 1. The van der Waals surface area contributed by atoms with E-state index >= 15 is 0 Å². The molecule has 0 bridgehead atoms. The van der Waals surface area contributed by atoms with Gasteiger partial charge >= 0.3 is 0 Å². The van der Waals surface area contributed by atoms with E-state index in [2.05, 4.69) is 17.4 Å². The zero-order valence-corrected chi connectivity index (χ0v) is 10.0. The summed E-state index contributed by atoms with van der Waals surface area (Å²) in [5.41, 5.74) is 2.15. The lowest BCUT2D eigenvalue weighted by Crippen LogP contribution is -2.14. The zero-order valence-electron chi connectivity index (χ0n) is 10.0. The minimum Gasteiger partial charge on any atom is -0.326 e. The lowest BCUT2D eigenvalue weighted by Gasteiger charge is -2.04. The summed E-state index contributed by atoms with van der Waals surface area (Å²) in [4.78, 5) is 12.0. The predicted octanol–water partition coefficient (Wildman–Crippen LogP) is 3.43. The predicted molar refractivity (Wildman–Crippen MR) is 72.4 cm³/mol. The van der Waals surface area contributed by atoms with Crippen LogP contribution >= 0.6 is 0 Å². The van der Waals surface area contributed by atoms with E-state index in [9.17, 15) is 4.79 Å². The Kier molecular flexibility index (Phi) is 2.85. The molecule has 0 heterocycles. The standard InChI is InChI=1S/C16H15NO/c18-16(17-13-9-5-2-6-10-13)15-11-14(15)12-7-3-1-4-8-12/h1-10,14-15H,11H2,(H,17,18). The number of para-hydroxylation sites is 1. The monoisotopic (exact) mass is 237 g/mol. The molecule has 2 heteroatoms. The SMILES string of the molecule is O=C(Nc1ccccc1)C1CC1c1ccccc1. The maximum atomic E-state index is 12.0. The fraction of sp³-hybridized carbons (Fsp3) is 0.188. The van der Waals surface area contributed by atoms with Crippen LogP contribution in [0.1, 0.15) is 17.9 Å². The maximum absolute atomic E-state index is 12.0. The van der Waals surface area contributed by atoms with Gasteiger partial charge in [0.1, 0.15) is 0 Å². The normalized spacial score (nSPS) is 21.3. The summed E-state index contributed by atoms with van der Waals surface area (Å²) < 4.78 is 0. The minimum atomic E-state index is 0.132. The first kappa shape index (κ1) is 11.0. The Labute approximate surface area is 107 Å². The highest BCUT2D eigenvalue weighted by Gasteiger charge is 2.43. The van der Waals surface area contributed by atoms with Gasteiger partial charge in [-0.25, -0.2) is 0 Å². The first-order chi connectivity index (χ1) is 8.84. The van der Waals surface area contributed by atoms with Gasteiger partial charge in [-0.05, 0) is 30.0 Å². The van der Waals surface area contributed by atoms with Crippen molar-refractivity contribution in [2.24, 2.45) is 5.92 Å². The van der Waals surface area contributed by atoms with Crippen LogP contribution in [0.25, 0.3) is 0 Å². The van der Waals surface area contributed by atoms with Gasteiger partial charge in [-0.2, -0.15) is 0 Å². The fourth-order valence-corrected chi connectivity index (χ4v) is 2.31. The van der Waals surface area contributed by atoms with E-state index < -0.39 is 0 Å². The molecule has 1 N–H and O–H groups in total. The van der Waals surface area contributed by atoms with Crippen LogP contribution in [0.4, 0.5) is 5.69 Å². The van der Waals surface area contributed by atoms with Gasteiger partial charge in [0.15, 0.2) is 0 Å². The van der Waals surface area contributed by atoms with Gasteiger partial charge in [-0.3, -0.25) is 4.79 Å². The topological polar surface area (TPSA) is 29.1 Å². The Hall–Kier alpha value is -2.09. The second kappa shape index (κ2) is 4.65. The van der Waals surface area contributed by atoms with Crippen LogP contribution in [0.5, 0.6) is 0 Å². The van der Waals surface area contributed by atoms with E-state index in [4.69, 9.17) is 0 Å². The average Bonchev–Trinajstić information content (AvgIpc) is 3.21. The van der Waals surface area contributed by atoms with Crippen LogP contribution < -0.4 is 5.32 Å². The Bertz CT molecular complexity index is 536. The summed E-state index contributed by atoms with van der Waals surface area (Å²) >= 11 is 0. The summed E-state index contributed by atoms with van der Waals surface area (Å²) in [5.74, 6) is 0.664. The lowest BCUT2D eigenvalue weighted by molar-refractivity contribution is -0.117. The molecular weight excluding hydrogens is 222 g/mol. The highest BCUT2D eigenvalue weighted by Crippen LogP contribution is 2.47. The Morgan fingerprint density at radius 1 is 0.944 bits per heavy atom. The molecule has 1 aliphatic rings. The van der Waals surface area contributed by atoms with E-state index in [-0.39, 0.29) is 11.8 Å². The van der Waals surface area contributed by atoms with Crippen molar-refractivity contribution in [2.45, 2.75) is 12.3 Å². The molecule has 0 aromatic heterocycles. The largest absolute Gasteiger partial charge is 0.326 e. The van der Waals surface area contributed by atoms with Crippen molar-refractivity contribution in [3.05, 3.63) is 66.2 Å². The molecule has 1 fully saturated rings. The van der Waals surface area contributed by atoms with Crippen LogP contribution in [0.3, 0.4) is 0 Å². The summed E-state index contributed by atoms with van der Waals surface area (Å²) in [6.45, 7) is 0. The summed E-state index contributed by atoms with van der Waals surface area (Å²) in [6, 6.07) is 19.9. The second-order valence-electron chi connectivity index (χ2n) is 4.71. The Morgan fingerprint density at radius 3 is 2.22 bits per heavy atom. The number of carbonyl (C=O) groups excluding carboxylic acids is 1. The second-order valence-corrected chi connectivity index (χ2v) is 4.71. The number of anilines is 1. The van der Waals surface area contributed by atoms with E-state index in [1.165, 1.54) is 5.56 Å². The molecule has 0 aliphatic heterocycles. The van der Waals surface area contributed by atoms with Crippen molar-refractivity contribution in [3.8, 4) is 0 Å². The van der Waals surface area contributed by atoms with Gasteiger partial charge < -0.3 is 5.32 Å². The van der Waals surface area contributed by atoms with Gasteiger partial charge in [0, 0.05) is 11.6 Å². The molecule has 2 unspecified atom stereocenters. The van der Waals surface area contributed by atoms with Crippen LogP contribution in [0, 0.1) is 5.92 Å². The zero-order chi connectivity index (χ0) is 12.4. The lowest BCUT2D eigenvalue weighted by atomic mass is 10.1. The number of carbonyl (C=O) groups is 1. The van der Waals surface area contributed by atoms with Gasteiger partial charge in [0.25, 0.3) is 0 Å². The van der Waals surface area contributed by atoms with Crippen molar-refractivity contribution < 1.29 is 4.79 Å². The summed E-state index contributed by atoms with van der Waals surface area (Å²) in [7, 11) is 0. The van der Waals surface area contributed by atoms with Crippen LogP contribution in [-0.2, 0) is 4.79 Å². The van der Waals surface area contributed by atoms with E-state index in [0.29, 0.717) is 5.92 Å². The number of benzene rings is 2. The number of nitrogens with one attached hydrogen (secondary N) is 1. The Balaban J connectivity index is 1.63. The third-order valence-electron chi connectivity index (χ3n) is 3.40. The number of hydrogen-bond donors (Lipinski definition) is 1. The molecule has 2 nitrogen and oxygen atoms in total. The molecule has 0 saturated heterocycles. The Morgan fingerprint density at radius 2 is 1.56 bits per heavy atom. The molecular formula is C16H15NO. The molecule has 1 saturated carbocycles. The molecule has 2 aromatic rings. The van der Waals surface area contributed by atoms with E-state index in [0.717, 1.165) is 12.1 Å². The summed E-state index contributed by atoms with van der Waals surface area (Å²) in [6.07, 6.45) is 0.961. The highest BCUT2D eigenvalue weighted by molar-refractivity contribution is 5.95. The van der Waals surface area contributed by atoms with Gasteiger partial charge in [-0.15, -0.1) is 0 Å². The van der Waals surface area contributed by atoms with Crippen LogP contribution in [0.2, 0.25) is 0 Å². The molecule has 18 heavy (non-hydrogen) atoms. The fourth-order valence-electron chi connectivity index (χ4n) is 2.31. The minimum absolute atomic E-state index is 0.132. The maximum Gasteiger partial charge on any atom is 0.228 e. The highest BCUT2D eigenvalue weighted by atomic mass is 16.2.